The number of piperidine rings is 1. The Kier molecular flexibility index (Phi) is 6.49. The van der Waals surface area contributed by atoms with Crippen molar-refractivity contribution in [2.45, 2.75) is 32.2 Å². The molecule has 3 aromatic rings. The number of benzene rings is 2. The summed E-state index contributed by atoms with van der Waals surface area (Å²) in [5.41, 5.74) is 3.19. The minimum atomic E-state index is -0.133. The van der Waals surface area contributed by atoms with E-state index in [4.69, 9.17) is 4.74 Å². The number of hydrogen-bond donors (Lipinski definition) is 1. The van der Waals surface area contributed by atoms with Crippen LogP contribution in [0.25, 0.3) is 5.69 Å². The summed E-state index contributed by atoms with van der Waals surface area (Å²) in [7, 11) is 1.61. The first-order valence-corrected chi connectivity index (χ1v) is 10.7. The lowest BCUT2D eigenvalue weighted by Gasteiger charge is -2.32. The number of likely N-dealkylation sites (tertiary alicyclic amines) is 1. The van der Waals surface area contributed by atoms with Gasteiger partial charge in [-0.1, -0.05) is 35.5 Å². The van der Waals surface area contributed by atoms with Gasteiger partial charge in [0.05, 0.1) is 25.4 Å². The van der Waals surface area contributed by atoms with Gasteiger partial charge in [-0.05, 0) is 49.1 Å². The third-order valence-electron chi connectivity index (χ3n) is 5.72. The number of nitrogens with zero attached hydrogens (tertiary/aromatic N) is 4. The van der Waals surface area contributed by atoms with Gasteiger partial charge < -0.3 is 15.0 Å². The highest BCUT2D eigenvalue weighted by Gasteiger charge is 2.26. The molecule has 8 heteroatoms. The smallest absolute Gasteiger partial charge is 0.276 e. The minimum absolute atomic E-state index is 0.0239. The quantitative estimate of drug-likeness (QED) is 0.645. The van der Waals surface area contributed by atoms with Crippen molar-refractivity contribution < 1.29 is 14.3 Å². The molecule has 0 aliphatic carbocycles. The van der Waals surface area contributed by atoms with Crippen molar-refractivity contribution in [1.29, 1.82) is 0 Å². The van der Waals surface area contributed by atoms with E-state index < -0.39 is 0 Å². The number of methoxy groups -OCH3 is 1. The Morgan fingerprint density at radius 3 is 2.66 bits per heavy atom. The first-order chi connectivity index (χ1) is 15.5. The molecular formula is C24H27N5O3. The number of ether oxygens (including phenoxy) is 1. The van der Waals surface area contributed by atoms with Gasteiger partial charge in [0.2, 0.25) is 5.91 Å². The third kappa shape index (κ3) is 4.96. The number of aromatic nitrogens is 3. The van der Waals surface area contributed by atoms with E-state index in [-0.39, 0.29) is 17.9 Å². The second-order valence-electron chi connectivity index (χ2n) is 8.00. The Morgan fingerprint density at radius 2 is 1.91 bits per heavy atom. The summed E-state index contributed by atoms with van der Waals surface area (Å²) < 4.78 is 6.84. The highest BCUT2D eigenvalue weighted by molar-refractivity contribution is 5.92. The zero-order chi connectivity index (χ0) is 22.5. The molecule has 1 aromatic heterocycles. The molecule has 0 saturated carbocycles. The van der Waals surface area contributed by atoms with E-state index in [1.165, 1.54) is 0 Å². The maximum absolute atomic E-state index is 12.9. The fraction of sp³-hybridized carbons (Fsp3) is 0.333. The van der Waals surface area contributed by atoms with Gasteiger partial charge >= 0.3 is 0 Å². The fourth-order valence-electron chi connectivity index (χ4n) is 3.94. The van der Waals surface area contributed by atoms with E-state index in [1.807, 2.05) is 55.5 Å². The van der Waals surface area contributed by atoms with Crippen LogP contribution in [0.1, 0.15) is 34.5 Å². The molecule has 1 N–H and O–H groups in total. The predicted octanol–water partition coefficient (Wildman–Crippen LogP) is 2.55. The van der Waals surface area contributed by atoms with Gasteiger partial charge in [-0.3, -0.25) is 9.59 Å². The van der Waals surface area contributed by atoms with E-state index in [0.717, 1.165) is 22.6 Å². The van der Waals surface area contributed by atoms with Gasteiger partial charge in [-0.15, -0.1) is 5.10 Å². The van der Waals surface area contributed by atoms with Crippen molar-refractivity contribution in [3.05, 3.63) is 71.5 Å². The maximum Gasteiger partial charge on any atom is 0.276 e. The standard InChI is InChI=1S/C24H27N5O3/c1-17-6-3-4-9-22(17)29-16-21(26-27-29)24(31)28-12-10-19(11-13-28)25-23(30)15-18-7-5-8-20(14-18)32-2/h3-9,14,16,19H,10-13,15H2,1-2H3,(H,25,30). The number of nitrogens with one attached hydrogen (secondary N) is 1. The van der Waals surface area contributed by atoms with Crippen molar-refractivity contribution in [3.8, 4) is 11.4 Å². The minimum Gasteiger partial charge on any atom is -0.497 e. The molecule has 0 bridgehead atoms. The van der Waals surface area contributed by atoms with E-state index >= 15 is 0 Å². The predicted molar refractivity (Wildman–Crippen MR) is 120 cm³/mol. The number of carbonyl (C=O) groups is 2. The van der Waals surface area contributed by atoms with Crippen LogP contribution >= 0.6 is 0 Å². The molecule has 8 nitrogen and oxygen atoms in total. The molecular weight excluding hydrogens is 406 g/mol. The van der Waals surface area contributed by atoms with Gasteiger partial charge in [0, 0.05) is 19.1 Å². The van der Waals surface area contributed by atoms with Crippen LogP contribution in [0.2, 0.25) is 0 Å². The zero-order valence-electron chi connectivity index (χ0n) is 18.3. The number of amides is 2. The van der Waals surface area contributed by atoms with Crippen LogP contribution in [0, 0.1) is 6.92 Å². The molecule has 0 atom stereocenters. The first-order valence-electron chi connectivity index (χ1n) is 10.7. The molecule has 1 saturated heterocycles. The van der Waals surface area contributed by atoms with Crippen LogP contribution in [0.4, 0.5) is 0 Å². The van der Waals surface area contributed by atoms with Crippen molar-refractivity contribution in [3.63, 3.8) is 0 Å². The molecule has 2 aromatic carbocycles. The number of aryl methyl sites for hydroxylation is 1. The summed E-state index contributed by atoms with van der Waals surface area (Å²) in [6, 6.07) is 15.4. The fourth-order valence-corrected chi connectivity index (χ4v) is 3.94. The second kappa shape index (κ2) is 9.64. The second-order valence-corrected chi connectivity index (χ2v) is 8.00. The Balaban J connectivity index is 1.29. The molecule has 0 unspecified atom stereocenters. The average molecular weight is 434 g/mol. The summed E-state index contributed by atoms with van der Waals surface area (Å²) in [5, 5.41) is 11.3. The molecule has 1 aliphatic rings. The van der Waals surface area contributed by atoms with Crippen LogP contribution in [0.5, 0.6) is 5.75 Å². The molecule has 2 amide bonds. The van der Waals surface area contributed by atoms with Gasteiger partial charge in [-0.2, -0.15) is 0 Å². The monoisotopic (exact) mass is 433 g/mol. The molecule has 0 spiro atoms. The van der Waals surface area contributed by atoms with Crippen LogP contribution in [0.3, 0.4) is 0 Å². The van der Waals surface area contributed by atoms with E-state index in [9.17, 15) is 9.59 Å². The summed E-state index contributed by atoms with van der Waals surface area (Å²) in [5.74, 6) is 0.580. The summed E-state index contributed by atoms with van der Waals surface area (Å²) >= 11 is 0. The Morgan fingerprint density at radius 1 is 1.12 bits per heavy atom. The molecule has 1 aliphatic heterocycles. The highest BCUT2D eigenvalue weighted by atomic mass is 16.5. The summed E-state index contributed by atoms with van der Waals surface area (Å²) in [4.78, 5) is 27.1. The molecule has 32 heavy (non-hydrogen) atoms. The number of rotatable bonds is 6. The highest BCUT2D eigenvalue weighted by Crippen LogP contribution is 2.17. The van der Waals surface area contributed by atoms with Crippen molar-refractivity contribution in [1.82, 2.24) is 25.2 Å². The van der Waals surface area contributed by atoms with E-state index in [2.05, 4.69) is 15.6 Å². The lowest BCUT2D eigenvalue weighted by Crippen LogP contribution is -2.47. The van der Waals surface area contributed by atoms with Gasteiger partial charge in [0.1, 0.15) is 5.75 Å². The summed E-state index contributed by atoms with van der Waals surface area (Å²) in [6.45, 7) is 3.13. The molecule has 166 valence electrons. The average Bonchev–Trinajstić information content (AvgIpc) is 3.29. The topological polar surface area (TPSA) is 89.4 Å². The molecule has 4 rings (SSSR count). The number of hydrogen-bond acceptors (Lipinski definition) is 5. The van der Waals surface area contributed by atoms with Crippen molar-refractivity contribution in [2.24, 2.45) is 0 Å². The Hall–Kier alpha value is -3.68. The Bertz CT molecular complexity index is 1100. The van der Waals surface area contributed by atoms with Gasteiger partial charge in [0.15, 0.2) is 5.69 Å². The molecule has 2 heterocycles. The number of carbonyl (C=O) groups excluding carboxylic acids is 2. The largest absolute Gasteiger partial charge is 0.497 e. The van der Waals surface area contributed by atoms with E-state index in [0.29, 0.717) is 38.0 Å². The van der Waals surface area contributed by atoms with Crippen LogP contribution in [-0.2, 0) is 11.2 Å². The first kappa shape index (κ1) is 21.5. The maximum atomic E-state index is 12.9. The third-order valence-corrected chi connectivity index (χ3v) is 5.72. The zero-order valence-corrected chi connectivity index (χ0v) is 18.3. The normalized spacial score (nSPS) is 14.2. The SMILES string of the molecule is COc1cccc(CC(=O)NC2CCN(C(=O)c3cn(-c4ccccc4C)nn3)CC2)c1. The molecule has 0 radical (unpaired) electrons. The number of para-hydroxylation sites is 1. The lowest BCUT2D eigenvalue weighted by atomic mass is 10.0. The van der Waals surface area contributed by atoms with Gasteiger partial charge in [0.25, 0.3) is 5.91 Å². The van der Waals surface area contributed by atoms with Crippen molar-refractivity contribution >= 4 is 11.8 Å². The lowest BCUT2D eigenvalue weighted by molar-refractivity contribution is -0.121. The Labute approximate surface area is 187 Å². The van der Waals surface area contributed by atoms with Crippen LogP contribution in [0.15, 0.2) is 54.7 Å². The van der Waals surface area contributed by atoms with Crippen LogP contribution < -0.4 is 10.1 Å². The molecule has 1 fully saturated rings. The van der Waals surface area contributed by atoms with Crippen LogP contribution in [-0.4, -0.2) is 57.9 Å². The van der Waals surface area contributed by atoms with Crippen molar-refractivity contribution in [2.75, 3.05) is 20.2 Å². The summed E-state index contributed by atoms with van der Waals surface area (Å²) in [6.07, 6.45) is 3.40. The van der Waals surface area contributed by atoms with E-state index in [1.54, 1.807) is 22.9 Å². The van der Waals surface area contributed by atoms with Gasteiger partial charge in [-0.25, -0.2) is 4.68 Å².